The zero-order valence-corrected chi connectivity index (χ0v) is 17.6. The first kappa shape index (κ1) is 19.6. The van der Waals surface area contributed by atoms with Gasteiger partial charge < -0.3 is 4.74 Å². The molecule has 0 bridgehead atoms. The van der Waals surface area contributed by atoms with E-state index in [1.165, 1.54) is 12.5 Å². The number of hydrogen-bond donors (Lipinski definition) is 0. The van der Waals surface area contributed by atoms with Gasteiger partial charge in [-0.15, -0.1) is 0 Å². The highest BCUT2D eigenvalue weighted by molar-refractivity contribution is 5.92. The molecule has 4 aliphatic rings. The van der Waals surface area contributed by atoms with Crippen molar-refractivity contribution in [1.29, 1.82) is 0 Å². The minimum absolute atomic E-state index is 0.00184. The first-order valence-corrected chi connectivity index (χ1v) is 10.7. The van der Waals surface area contributed by atoms with Gasteiger partial charge in [0.15, 0.2) is 17.2 Å². The third kappa shape index (κ3) is 2.39. The van der Waals surface area contributed by atoms with Crippen LogP contribution in [-0.4, -0.2) is 23.1 Å². The average Bonchev–Trinajstić information content (AvgIpc) is 2.90. The number of esters is 1. The van der Waals surface area contributed by atoms with Crippen LogP contribution in [0.5, 0.6) is 0 Å². The van der Waals surface area contributed by atoms with Gasteiger partial charge in [0.05, 0.1) is 0 Å². The van der Waals surface area contributed by atoms with E-state index in [2.05, 4.69) is 20.4 Å². The molecule has 4 nitrogen and oxygen atoms in total. The molecule has 0 aliphatic heterocycles. The average molecular weight is 385 g/mol. The van der Waals surface area contributed by atoms with Crippen LogP contribution in [0.4, 0.5) is 0 Å². The third-order valence-corrected chi connectivity index (χ3v) is 8.94. The zero-order valence-electron chi connectivity index (χ0n) is 17.6. The molecule has 0 heterocycles. The summed E-state index contributed by atoms with van der Waals surface area (Å²) in [6, 6.07) is 0. The van der Waals surface area contributed by atoms with Gasteiger partial charge in [0.25, 0.3) is 0 Å². The number of rotatable bonds is 2. The molecule has 3 saturated carbocycles. The quantitative estimate of drug-likeness (QED) is 0.654. The Morgan fingerprint density at radius 3 is 2.43 bits per heavy atom. The van der Waals surface area contributed by atoms with E-state index in [0.717, 1.165) is 37.7 Å². The van der Waals surface area contributed by atoms with Gasteiger partial charge in [0.1, 0.15) is 0 Å². The lowest BCUT2D eigenvalue weighted by atomic mass is 9.45. The molecule has 0 aromatic heterocycles. The summed E-state index contributed by atoms with van der Waals surface area (Å²) in [4.78, 5) is 36.7. The van der Waals surface area contributed by atoms with Gasteiger partial charge >= 0.3 is 5.97 Å². The summed E-state index contributed by atoms with van der Waals surface area (Å²) >= 11 is 0. The molecule has 0 amide bonds. The zero-order chi connectivity index (χ0) is 20.5. The van der Waals surface area contributed by atoms with E-state index in [1.54, 1.807) is 6.92 Å². The highest BCUT2D eigenvalue weighted by atomic mass is 16.6. The van der Waals surface area contributed by atoms with Crippen LogP contribution in [0.15, 0.2) is 23.8 Å². The Hall–Kier alpha value is -1.71. The predicted molar refractivity (Wildman–Crippen MR) is 106 cm³/mol. The molecule has 3 fully saturated rings. The van der Waals surface area contributed by atoms with Crippen LogP contribution < -0.4 is 0 Å². The van der Waals surface area contributed by atoms with Gasteiger partial charge in [-0.2, -0.15) is 0 Å². The van der Waals surface area contributed by atoms with E-state index < -0.39 is 5.60 Å². The molecule has 0 N–H and O–H groups in total. The Morgan fingerprint density at radius 1 is 1.11 bits per heavy atom. The molecule has 152 valence electrons. The number of fused-ring (bicyclic) bond motifs is 5. The fourth-order valence-corrected chi connectivity index (χ4v) is 7.63. The summed E-state index contributed by atoms with van der Waals surface area (Å²) in [5.41, 5.74) is 0.944. The van der Waals surface area contributed by atoms with Gasteiger partial charge in [-0.05, 0) is 80.3 Å². The number of allylic oxidation sites excluding steroid dienone is 2. The molecular weight excluding hydrogens is 352 g/mol. The van der Waals surface area contributed by atoms with E-state index >= 15 is 0 Å². The number of Topliss-reactive ketones (excluding diaryl/α,β-unsaturated/α-hetero) is 1. The van der Waals surface area contributed by atoms with Crippen molar-refractivity contribution >= 4 is 17.5 Å². The molecule has 4 rings (SSSR count). The standard InChI is InChI=1S/C24H32O4/c1-14-12-18-19(22(4)9-6-17(27)13-21(14)22)7-10-23(5)20(18)8-11-24(23,15(2)25)28-16(3)26/h13,18-20H,1,6-12H2,2-5H3/t18?,19?,20?,22?,23?,24-/m0/s1. The molecule has 0 radical (unpaired) electrons. The van der Waals surface area contributed by atoms with Crippen molar-refractivity contribution in [3.8, 4) is 0 Å². The van der Waals surface area contributed by atoms with Gasteiger partial charge in [-0.3, -0.25) is 14.4 Å². The van der Waals surface area contributed by atoms with Crippen LogP contribution in [0, 0.1) is 28.6 Å². The minimum Gasteiger partial charge on any atom is -0.451 e. The van der Waals surface area contributed by atoms with Crippen LogP contribution >= 0.6 is 0 Å². The Morgan fingerprint density at radius 2 is 1.79 bits per heavy atom. The first-order valence-electron chi connectivity index (χ1n) is 10.7. The van der Waals surface area contributed by atoms with Gasteiger partial charge in [-0.1, -0.05) is 26.0 Å². The van der Waals surface area contributed by atoms with E-state index in [1.807, 2.05) is 6.08 Å². The van der Waals surface area contributed by atoms with E-state index in [0.29, 0.717) is 30.6 Å². The Labute approximate surface area is 167 Å². The second kappa shape index (κ2) is 6.14. The summed E-state index contributed by atoms with van der Waals surface area (Å²) < 4.78 is 5.82. The lowest BCUT2D eigenvalue weighted by Crippen LogP contribution is -2.58. The molecule has 0 spiro atoms. The molecular formula is C24H32O4. The number of ketones is 2. The van der Waals surface area contributed by atoms with Crippen molar-refractivity contribution in [2.24, 2.45) is 28.6 Å². The summed E-state index contributed by atoms with van der Waals surface area (Å²) in [7, 11) is 0. The van der Waals surface area contributed by atoms with Gasteiger partial charge in [0, 0.05) is 18.8 Å². The molecule has 28 heavy (non-hydrogen) atoms. The molecule has 0 aromatic rings. The predicted octanol–water partition coefficient (Wildman–Crippen LogP) is 4.58. The van der Waals surface area contributed by atoms with Crippen LogP contribution in [0.25, 0.3) is 0 Å². The van der Waals surface area contributed by atoms with Crippen molar-refractivity contribution in [2.75, 3.05) is 0 Å². The second-order valence-electron chi connectivity index (χ2n) is 10.1. The number of carbonyl (C=O) groups excluding carboxylic acids is 3. The second-order valence-corrected chi connectivity index (χ2v) is 10.1. The monoisotopic (exact) mass is 384 g/mol. The van der Waals surface area contributed by atoms with Crippen molar-refractivity contribution in [1.82, 2.24) is 0 Å². The molecule has 6 atom stereocenters. The Balaban J connectivity index is 1.75. The topological polar surface area (TPSA) is 60.4 Å². The van der Waals surface area contributed by atoms with Crippen LogP contribution in [0.1, 0.15) is 72.6 Å². The smallest absolute Gasteiger partial charge is 0.303 e. The molecule has 4 aliphatic carbocycles. The highest BCUT2D eigenvalue weighted by Gasteiger charge is 2.68. The Kier molecular flexibility index (Phi) is 4.30. The summed E-state index contributed by atoms with van der Waals surface area (Å²) in [6.45, 7) is 11.8. The van der Waals surface area contributed by atoms with Crippen LogP contribution in [-0.2, 0) is 19.1 Å². The van der Waals surface area contributed by atoms with Crippen molar-refractivity contribution in [3.05, 3.63) is 23.8 Å². The molecule has 4 heteroatoms. The van der Waals surface area contributed by atoms with Gasteiger partial charge in [0.2, 0.25) is 0 Å². The number of carbonyl (C=O) groups is 3. The Bertz CT molecular complexity index is 807. The van der Waals surface area contributed by atoms with Crippen molar-refractivity contribution in [3.63, 3.8) is 0 Å². The first-order chi connectivity index (χ1) is 13.0. The fraction of sp³-hybridized carbons (Fsp3) is 0.708. The SMILES string of the molecule is C=C1CC2C(CCC3(C)C2CC[C@]3(OC(C)=O)C(C)=O)C2(C)CCC(=O)C=C12. The number of ether oxygens (including phenoxy) is 1. The lowest BCUT2D eigenvalue weighted by Gasteiger charge is -2.59. The van der Waals surface area contributed by atoms with Crippen molar-refractivity contribution < 1.29 is 19.1 Å². The van der Waals surface area contributed by atoms with Gasteiger partial charge in [-0.25, -0.2) is 0 Å². The summed E-state index contributed by atoms with van der Waals surface area (Å²) in [6.07, 6.45) is 7.66. The van der Waals surface area contributed by atoms with Crippen LogP contribution in [0.2, 0.25) is 0 Å². The van der Waals surface area contributed by atoms with Crippen molar-refractivity contribution in [2.45, 2.75) is 78.2 Å². The maximum absolute atomic E-state index is 12.8. The molecule has 0 saturated heterocycles. The summed E-state index contributed by atoms with van der Waals surface area (Å²) in [5.74, 6) is 1.10. The van der Waals surface area contributed by atoms with E-state index in [9.17, 15) is 14.4 Å². The highest BCUT2D eigenvalue weighted by Crippen LogP contribution is 2.68. The fourth-order valence-electron chi connectivity index (χ4n) is 7.63. The van der Waals surface area contributed by atoms with Crippen LogP contribution in [0.3, 0.4) is 0 Å². The minimum atomic E-state index is -0.991. The third-order valence-electron chi connectivity index (χ3n) is 8.94. The maximum atomic E-state index is 12.8. The number of hydrogen-bond acceptors (Lipinski definition) is 4. The maximum Gasteiger partial charge on any atom is 0.303 e. The molecule has 0 aromatic carbocycles. The molecule has 5 unspecified atom stereocenters. The largest absolute Gasteiger partial charge is 0.451 e. The van der Waals surface area contributed by atoms with E-state index in [4.69, 9.17) is 4.74 Å². The lowest BCUT2D eigenvalue weighted by molar-refractivity contribution is -0.186. The summed E-state index contributed by atoms with van der Waals surface area (Å²) in [5, 5.41) is 0. The normalized spacial score (nSPS) is 44.9. The van der Waals surface area contributed by atoms with E-state index in [-0.39, 0.29) is 28.4 Å².